The number of carbonyl (C=O) groups excluding carboxylic acids is 1. The number of benzene rings is 2. The summed E-state index contributed by atoms with van der Waals surface area (Å²) in [5.41, 5.74) is 4.96. The van der Waals surface area contributed by atoms with Gasteiger partial charge in [0.1, 0.15) is 12.4 Å². The lowest BCUT2D eigenvalue weighted by molar-refractivity contribution is -0.137. The van der Waals surface area contributed by atoms with Crippen molar-refractivity contribution in [1.82, 2.24) is 9.88 Å². The first kappa shape index (κ1) is 20.1. The fourth-order valence-electron chi connectivity index (χ4n) is 4.50. The average Bonchev–Trinajstić information content (AvgIpc) is 2.99. The molecular formula is C24H25FN2O3. The Labute approximate surface area is 174 Å². The van der Waals surface area contributed by atoms with Gasteiger partial charge < -0.3 is 15.0 Å². The van der Waals surface area contributed by atoms with E-state index in [2.05, 4.69) is 5.32 Å². The summed E-state index contributed by atoms with van der Waals surface area (Å²) in [6, 6.07) is 12.5. The molecule has 156 valence electrons. The Hall–Kier alpha value is -3.15. The lowest BCUT2D eigenvalue weighted by Crippen LogP contribution is -2.39. The van der Waals surface area contributed by atoms with Crippen molar-refractivity contribution in [3.63, 3.8) is 0 Å². The summed E-state index contributed by atoms with van der Waals surface area (Å²) in [6.07, 6.45) is 3.09. The van der Waals surface area contributed by atoms with Gasteiger partial charge in [-0.25, -0.2) is 4.39 Å². The van der Waals surface area contributed by atoms with E-state index in [0.29, 0.717) is 25.7 Å². The number of nitrogens with zero attached hydrogens (tertiary/aromatic N) is 1. The van der Waals surface area contributed by atoms with Gasteiger partial charge in [-0.1, -0.05) is 24.3 Å². The first-order chi connectivity index (χ1) is 14.4. The monoisotopic (exact) mass is 408 g/mol. The number of rotatable bonds is 6. The molecule has 2 N–H and O–H groups in total. The number of halogens is 1. The predicted octanol–water partition coefficient (Wildman–Crippen LogP) is 3.78. The normalized spacial score (nSPS) is 15.7. The van der Waals surface area contributed by atoms with E-state index in [9.17, 15) is 19.1 Å². The number of aromatic nitrogens is 1. The van der Waals surface area contributed by atoms with Crippen LogP contribution in [0.5, 0.6) is 0 Å². The van der Waals surface area contributed by atoms with E-state index in [-0.39, 0.29) is 24.3 Å². The highest BCUT2D eigenvalue weighted by Crippen LogP contribution is 2.33. The predicted molar refractivity (Wildman–Crippen MR) is 113 cm³/mol. The number of aryl methyl sites for hydroxylation is 2. The molecule has 1 aliphatic rings. The van der Waals surface area contributed by atoms with Crippen molar-refractivity contribution in [2.24, 2.45) is 0 Å². The van der Waals surface area contributed by atoms with Gasteiger partial charge in [0.15, 0.2) is 0 Å². The van der Waals surface area contributed by atoms with Crippen molar-refractivity contribution in [2.75, 3.05) is 0 Å². The summed E-state index contributed by atoms with van der Waals surface area (Å²) >= 11 is 0. The number of fused-ring (bicyclic) bond motifs is 3. The van der Waals surface area contributed by atoms with Gasteiger partial charge in [0, 0.05) is 29.1 Å². The standard InChI is InChI=1S/C24H25FN2O3/c1-15-4-2-3-5-16(15)6-11-23(28)26-18-8-10-22-20(13-18)19-12-17(25)7-9-21(19)27(22)14-24(29)30/h2-5,7,9,12,18H,6,8,10-11,13-14H2,1H3,(H,26,28)(H,29,30). The molecule has 2 aromatic carbocycles. The molecule has 1 amide bonds. The highest BCUT2D eigenvalue weighted by Gasteiger charge is 2.27. The Morgan fingerprint density at radius 2 is 2.03 bits per heavy atom. The summed E-state index contributed by atoms with van der Waals surface area (Å²) < 4.78 is 15.7. The minimum atomic E-state index is -0.925. The SMILES string of the molecule is Cc1ccccc1CCC(=O)NC1CCc2c(c3cc(F)ccc3n2CC(=O)O)C1. The molecule has 1 aromatic heterocycles. The second kappa shape index (κ2) is 8.30. The van der Waals surface area contributed by atoms with Crippen LogP contribution < -0.4 is 5.32 Å². The third kappa shape index (κ3) is 4.08. The summed E-state index contributed by atoms with van der Waals surface area (Å²) in [5.74, 6) is -1.26. The first-order valence-electron chi connectivity index (χ1n) is 10.3. The largest absolute Gasteiger partial charge is 0.480 e. The molecule has 4 rings (SSSR count). The van der Waals surface area contributed by atoms with Gasteiger partial charge in [-0.3, -0.25) is 9.59 Å². The van der Waals surface area contributed by atoms with Crippen LogP contribution in [0.25, 0.3) is 10.9 Å². The molecule has 1 atom stereocenters. The van der Waals surface area contributed by atoms with E-state index in [0.717, 1.165) is 28.6 Å². The first-order valence-corrected chi connectivity index (χ1v) is 10.3. The zero-order chi connectivity index (χ0) is 21.3. The van der Waals surface area contributed by atoms with E-state index in [1.54, 1.807) is 10.6 Å². The maximum Gasteiger partial charge on any atom is 0.323 e. The summed E-state index contributed by atoms with van der Waals surface area (Å²) in [7, 11) is 0. The topological polar surface area (TPSA) is 71.3 Å². The lowest BCUT2D eigenvalue weighted by Gasteiger charge is -2.25. The number of carboxylic acid groups (broad SMARTS) is 1. The number of carbonyl (C=O) groups is 2. The summed E-state index contributed by atoms with van der Waals surface area (Å²) in [6.45, 7) is 1.90. The van der Waals surface area contributed by atoms with Crippen LogP contribution in [0.2, 0.25) is 0 Å². The molecule has 6 heteroatoms. The fourth-order valence-corrected chi connectivity index (χ4v) is 4.50. The van der Waals surface area contributed by atoms with Crippen LogP contribution in [0.3, 0.4) is 0 Å². The van der Waals surface area contributed by atoms with Crippen LogP contribution in [0.4, 0.5) is 4.39 Å². The van der Waals surface area contributed by atoms with E-state index in [1.807, 2.05) is 31.2 Å². The lowest BCUT2D eigenvalue weighted by atomic mass is 9.91. The van der Waals surface area contributed by atoms with Gasteiger partial charge in [-0.05, 0) is 67.5 Å². The van der Waals surface area contributed by atoms with Crippen LogP contribution in [-0.4, -0.2) is 27.6 Å². The zero-order valence-corrected chi connectivity index (χ0v) is 17.0. The van der Waals surface area contributed by atoms with Crippen molar-refractivity contribution < 1.29 is 19.1 Å². The van der Waals surface area contributed by atoms with Crippen LogP contribution in [0.1, 0.15) is 35.2 Å². The Morgan fingerprint density at radius 3 is 2.80 bits per heavy atom. The molecule has 1 unspecified atom stereocenters. The van der Waals surface area contributed by atoms with Gasteiger partial charge in [0.2, 0.25) is 5.91 Å². The smallest absolute Gasteiger partial charge is 0.323 e. The average molecular weight is 408 g/mol. The molecule has 1 heterocycles. The number of amides is 1. The van der Waals surface area contributed by atoms with E-state index < -0.39 is 5.97 Å². The Morgan fingerprint density at radius 1 is 1.23 bits per heavy atom. The number of aliphatic carboxylic acids is 1. The molecule has 0 fully saturated rings. The van der Waals surface area contributed by atoms with Crippen LogP contribution >= 0.6 is 0 Å². The molecule has 0 saturated heterocycles. The highest BCUT2D eigenvalue weighted by molar-refractivity contribution is 5.87. The Bertz CT molecular complexity index is 1120. The molecule has 3 aromatic rings. The summed E-state index contributed by atoms with van der Waals surface area (Å²) in [5, 5.41) is 13.2. The number of hydrogen-bond donors (Lipinski definition) is 2. The number of nitrogens with one attached hydrogen (secondary N) is 1. The van der Waals surface area contributed by atoms with E-state index >= 15 is 0 Å². The minimum Gasteiger partial charge on any atom is -0.480 e. The van der Waals surface area contributed by atoms with Crippen LogP contribution in [0, 0.1) is 12.7 Å². The highest BCUT2D eigenvalue weighted by atomic mass is 19.1. The van der Waals surface area contributed by atoms with Crippen molar-refractivity contribution in [2.45, 2.75) is 51.6 Å². The van der Waals surface area contributed by atoms with Crippen molar-refractivity contribution in [3.8, 4) is 0 Å². The van der Waals surface area contributed by atoms with Gasteiger partial charge in [-0.2, -0.15) is 0 Å². The summed E-state index contributed by atoms with van der Waals surface area (Å²) in [4.78, 5) is 23.9. The Balaban J connectivity index is 1.50. The molecule has 1 aliphatic carbocycles. The molecule has 0 saturated carbocycles. The fraction of sp³-hybridized carbons (Fsp3) is 0.333. The maximum absolute atomic E-state index is 13.9. The van der Waals surface area contributed by atoms with E-state index in [4.69, 9.17) is 0 Å². The van der Waals surface area contributed by atoms with Crippen LogP contribution in [-0.2, 0) is 35.4 Å². The van der Waals surface area contributed by atoms with Gasteiger partial charge in [-0.15, -0.1) is 0 Å². The zero-order valence-electron chi connectivity index (χ0n) is 17.0. The third-order valence-corrected chi connectivity index (χ3v) is 5.97. The van der Waals surface area contributed by atoms with Crippen LogP contribution in [0.15, 0.2) is 42.5 Å². The molecule has 30 heavy (non-hydrogen) atoms. The van der Waals surface area contributed by atoms with Gasteiger partial charge >= 0.3 is 5.97 Å². The molecule has 0 spiro atoms. The molecule has 0 bridgehead atoms. The Kier molecular flexibility index (Phi) is 5.57. The van der Waals surface area contributed by atoms with Gasteiger partial charge in [0.05, 0.1) is 0 Å². The van der Waals surface area contributed by atoms with Gasteiger partial charge in [0.25, 0.3) is 0 Å². The second-order valence-corrected chi connectivity index (χ2v) is 8.00. The number of hydrogen-bond acceptors (Lipinski definition) is 2. The second-order valence-electron chi connectivity index (χ2n) is 8.00. The minimum absolute atomic E-state index is 0.00663. The molecular weight excluding hydrogens is 383 g/mol. The third-order valence-electron chi connectivity index (χ3n) is 5.97. The van der Waals surface area contributed by atoms with Crippen molar-refractivity contribution in [1.29, 1.82) is 0 Å². The molecule has 0 radical (unpaired) electrons. The quantitative estimate of drug-likeness (QED) is 0.652. The van der Waals surface area contributed by atoms with Crippen molar-refractivity contribution in [3.05, 3.63) is 70.7 Å². The molecule has 5 nitrogen and oxygen atoms in total. The number of carboxylic acids is 1. The van der Waals surface area contributed by atoms with E-state index in [1.165, 1.54) is 23.3 Å². The molecule has 0 aliphatic heterocycles. The van der Waals surface area contributed by atoms with Crippen molar-refractivity contribution >= 4 is 22.8 Å². The maximum atomic E-state index is 13.9.